The lowest BCUT2D eigenvalue weighted by Crippen LogP contribution is -2.49. The molecule has 0 spiro atoms. The minimum Gasteiger partial charge on any atom is -0.482 e. The molecule has 0 fully saturated rings. The quantitative estimate of drug-likeness (QED) is 0.719. The Morgan fingerprint density at radius 3 is 2.30 bits per heavy atom. The highest BCUT2D eigenvalue weighted by molar-refractivity contribution is 6.32. The summed E-state index contributed by atoms with van der Waals surface area (Å²) in [4.78, 5) is 26.7. The van der Waals surface area contributed by atoms with Crippen LogP contribution < -0.4 is 10.1 Å². The summed E-state index contributed by atoms with van der Waals surface area (Å²) in [5, 5.41) is 3.56. The van der Waals surface area contributed by atoms with E-state index in [2.05, 4.69) is 5.32 Å². The first-order valence-electron chi connectivity index (χ1n) is 8.59. The van der Waals surface area contributed by atoms with Crippen molar-refractivity contribution in [2.45, 2.75) is 25.9 Å². The van der Waals surface area contributed by atoms with E-state index in [0.29, 0.717) is 22.2 Å². The van der Waals surface area contributed by atoms with Crippen LogP contribution in [0.3, 0.4) is 0 Å². The summed E-state index contributed by atoms with van der Waals surface area (Å²) in [5.41, 5.74) is 0.757. The average Bonchev–Trinajstić information content (AvgIpc) is 2.68. The van der Waals surface area contributed by atoms with Crippen molar-refractivity contribution in [2.75, 3.05) is 13.7 Å². The van der Waals surface area contributed by atoms with E-state index in [9.17, 15) is 9.59 Å². The van der Waals surface area contributed by atoms with Crippen molar-refractivity contribution in [1.29, 1.82) is 0 Å². The number of ether oxygens (including phenoxy) is 1. The number of nitrogens with one attached hydrogen (secondary N) is 1. The number of nitrogens with zero attached hydrogens (tertiary/aromatic N) is 1. The molecule has 2 aromatic carbocycles. The second kappa shape index (κ2) is 10.2. The summed E-state index contributed by atoms with van der Waals surface area (Å²) in [5.74, 6) is -0.154. The van der Waals surface area contributed by atoms with Gasteiger partial charge in [0.25, 0.3) is 5.91 Å². The molecule has 0 saturated carbocycles. The largest absolute Gasteiger partial charge is 0.482 e. The number of amides is 2. The number of likely N-dealkylation sites (N-methyl/N-ethyl adjacent to an activating group) is 1. The molecular weight excluding hydrogens is 387 g/mol. The fourth-order valence-electron chi connectivity index (χ4n) is 2.68. The number of benzene rings is 2. The zero-order valence-corrected chi connectivity index (χ0v) is 16.8. The number of rotatable bonds is 8. The van der Waals surface area contributed by atoms with Crippen molar-refractivity contribution in [3.8, 4) is 5.75 Å². The molecular formula is C20H22Cl2N2O3. The first-order chi connectivity index (χ1) is 13.0. The van der Waals surface area contributed by atoms with E-state index in [1.807, 2.05) is 25.1 Å². The van der Waals surface area contributed by atoms with Gasteiger partial charge in [-0.25, -0.2) is 0 Å². The van der Waals surface area contributed by atoms with Crippen molar-refractivity contribution >= 4 is 35.0 Å². The fraction of sp³-hybridized carbons (Fsp3) is 0.300. The third-order valence-electron chi connectivity index (χ3n) is 4.12. The Bertz CT molecular complexity index is 798. The monoisotopic (exact) mass is 408 g/mol. The van der Waals surface area contributed by atoms with E-state index in [-0.39, 0.29) is 25.0 Å². The molecule has 1 N–H and O–H groups in total. The number of carbonyl (C=O) groups excluding carboxylic acids is 2. The molecule has 27 heavy (non-hydrogen) atoms. The summed E-state index contributed by atoms with van der Waals surface area (Å²) >= 11 is 12.3. The van der Waals surface area contributed by atoms with Crippen LogP contribution in [0.4, 0.5) is 0 Å². The van der Waals surface area contributed by atoms with Crippen molar-refractivity contribution < 1.29 is 14.3 Å². The van der Waals surface area contributed by atoms with Crippen molar-refractivity contribution in [1.82, 2.24) is 10.2 Å². The second-order valence-electron chi connectivity index (χ2n) is 5.87. The van der Waals surface area contributed by atoms with Gasteiger partial charge in [-0.2, -0.15) is 0 Å². The van der Waals surface area contributed by atoms with Crippen LogP contribution in [0, 0.1) is 0 Å². The maximum Gasteiger partial charge on any atom is 0.261 e. The van der Waals surface area contributed by atoms with Crippen LogP contribution >= 0.6 is 23.2 Å². The zero-order valence-electron chi connectivity index (χ0n) is 15.2. The highest BCUT2D eigenvalue weighted by atomic mass is 35.5. The van der Waals surface area contributed by atoms with E-state index in [4.69, 9.17) is 27.9 Å². The normalized spacial score (nSPS) is 11.6. The van der Waals surface area contributed by atoms with Gasteiger partial charge in [-0.15, -0.1) is 0 Å². The number of hydrogen-bond donors (Lipinski definition) is 1. The van der Waals surface area contributed by atoms with E-state index in [1.165, 1.54) is 4.90 Å². The Balaban J connectivity index is 2.22. The topological polar surface area (TPSA) is 58.6 Å². The molecule has 0 saturated heterocycles. The smallest absolute Gasteiger partial charge is 0.261 e. The SMILES string of the molecule is CCC(C(=O)NC)N(Cc1ccccc1Cl)C(=O)COc1ccccc1Cl. The van der Waals surface area contributed by atoms with Gasteiger partial charge in [-0.3, -0.25) is 9.59 Å². The predicted molar refractivity (Wildman–Crippen MR) is 107 cm³/mol. The van der Waals surface area contributed by atoms with Gasteiger partial charge in [0.1, 0.15) is 11.8 Å². The lowest BCUT2D eigenvalue weighted by molar-refractivity contribution is -0.142. The van der Waals surface area contributed by atoms with Gasteiger partial charge in [-0.1, -0.05) is 60.5 Å². The summed E-state index contributed by atoms with van der Waals surface area (Å²) in [6.45, 7) is 1.82. The molecule has 7 heteroatoms. The standard InChI is InChI=1S/C20H22Cl2N2O3/c1-3-17(20(26)23-2)24(12-14-8-4-5-9-15(14)21)19(25)13-27-18-11-7-6-10-16(18)22/h4-11,17H,3,12-13H2,1-2H3,(H,23,26). The summed E-state index contributed by atoms with van der Waals surface area (Å²) < 4.78 is 5.57. The summed E-state index contributed by atoms with van der Waals surface area (Å²) in [6.07, 6.45) is 0.460. The minimum absolute atomic E-state index is 0.205. The zero-order chi connectivity index (χ0) is 19.8. The molecule has 2 aromatic rings. The molecule has 0 bridgehead atoms. The van der Waals surface area contributed by atoms with Crippen LogP contribution in [-0.4, -0.2) is 36.4 Å². The lowest BCUT2D eigenvalue weighted by atomic mass is 10.1. The number of para-hydroxylation sites is 1. The van der Waals surface area contributed by atoms with Gasteiger partial charge in [0, 0.05) is 18.6 Å². The fourth-order valence-corrected chi connectivity index (χ4v) is 3.07. The molecule has 1 atom stereocenters. The van der Waals surface area contributed by atoms with Gasteiger partial charge < -0.3 is 15.0 Å². The highest BCUT2D eigenvalue weighted by Crippen LogP contribution is 2.24. The van der Waals surface area contributed by atoms with Crippen molar-refractivity contribution in [3.63, 3.8) is 0 Å². The minimum atomic E-state index is -0.631. The first kappa shape index (κ1) is 21.1. The number of carbonyl (C=O) groups is 2. The molecule has 0 heterocycles. The molecule has 2 amide bonds. The predicted octanol–water partition coefficient (Wildman–Crippen LogP) is 3.93. The van der Waals surface area contributed by atoms with Crippen LogP contribution in [0.2, 0.25) is 10.0 Å². The van der Waals surface area contributed by atoms with Gasteiger partial charge in [0.05, 0.1) is 5.02 Å². The molecule has 0 aliphatic rings. The van der Waals surface area contributed by atoms with Crippen molar-refractivity contribution in [2.24, 2.45) is 0 Å². The molecule has 0 radical (unpaired) electrons. The second-order valence-corrected chi connectivity index (χ2v) is 6.68. The van der Waals surface area contributed by atoms with E-state index in [0.717, 1.165) is 5.56 Å². The number of hydrogen-bond acceptors (Lipinski definition) is 3. The Hall–Kier alpha value is -2.24. The Morgan fingerprint density at radius 2 is 1.70 bits per heavy atom. The summed E-state index contributed by atoms with van der Waals surface area (Å²) in [7, 11) is 1.55. The van der Waals surface area contributed by atoms with Crippen LogP contribution in [0.5, 0.6) is 5.75 Å². The Morgan fingerprint density at radius 1 is 1.07 bits per heavy atom. The van der Waals surface area contributed by atoms with Crippen molar-refractivity contribution in [3.05, 3.63) is 64.1 Å². The van der Waals surface area contributed by atoms with Crippen LogP contribution in [0.25, 0.3) is 0 Å². The van der Waals surface area contributed by atoms with Gasteiger partial charge in [0.15, 0.2) is 6.61 Å². The molecule has 0 aliphatic carbocycles. The van der Waals surface area contributed by atoms with Gasteiger partial charge in [0.2, 0.25) is 5.91 Å². The Labute approximate surface area is 169 Å². The number of halogens is 2. The maximum atomic E-state index is 12.9. The third-order valence-corrected chi connectivity index (χ3v) is 4.80. The molecule has 144 valence electrons. The molecule has 0 aromatic heterocycles. The lowest BCUT2D eigenvalue weighted by Gasteiger charge is -2.30. The highest BCUT2D eigenvalue weighted by Gasteiger charge is 2.28. The van der Waals surface area contributed by atoms with Gasteiger partial charge in [-0.05, 0) is 30.2 Å². The summed E-state index contributed by atoms with van der Waals surface area (Å²) in [6, 6.07) is 13.5. The van der Waals surface area contributed by atoms with E-state index < -0.39 is 6.04 Å². The van der Waals surface area contributed by atoms with E-state index in [1.54, 1.807) is 37.4 Å². The molecule has 5 nitrogen and oxygen atoms in total. The molecule has 1 unspecified atom stereocenters. The average molecular weight is 409 g/mol. The van der Waals surface area contributed by atoms with Crippen LogP contribution in [0.15, 0.2) is 48.5 Å². The molecule has 0 aliphatic heterocycles. The van der Waals surface area contributed by atoms with Crippen LogP contribution in [0.1, 0.15) is 18.9 Å². The molecule has 2 rings (SSSR count). The maximum absolute atomic E-state index is 12.9. The Kier molecular flexibility index (Phi) is 7.95. The van der Waals surface area contributed by atoms with E-state index >= 15 is 0 Å². The third kappa shape index (κ3) is 5.62. The first-order valence-corrected chi connectivity index (χ1v) is 9.35. The van der Waals surface area contributed by atoms with Gasteiger partial charge >= 0.3 is 0 Å². The van der Waals surface area contributed by atoms with Crippen LogP contribution in [-0.2, 0) is 16.1 Å².